The Kier molecular flexibility index (Phi) is 5.30. The molecule has 0 amide bonds. The molecule has 0 saturated heterocycles. The summed E-state index contributed by atoms with van der Waals surface area (Å²) in [5, 5.41) is 14.8. The van der Waals surface area contributed by atoms with Crippen molar-refractivity contribution < 1.29 is 4.74 Å². The number of methoxy groups -OCH3 is 1. The minimum Gasteiger partial charge on any atom is -0.495 e. The molecule has 0 atom stereocenters. The fourth-order valence-electron chi connectivity index (χ4n) is 2.26. The molecule has 0 saturated carbocycles. The first-order chi connectivity index (χ1) is 12.2. The normalized spacial score (nSPS) is 10.4. The predicted molar refractivity (Wildman–Crippen MR) is 100 cm³/mol. The molecule has 0 aliphatic heterocycles. The van der Waals surface area contributed by atoms with Gasteiger partial charge in [-0.1, -0.05) is 30.7 Å². The maximum atomic E-state index is 6.13. The van der Waals surface area contributed by atoms with E-state index in [4.69, 9.17) is 16.3 Å². The molecule has 2 N–H and O–H groups in total. The number of hydrogen-bond donors (Lipinski definition) is 2. The number of aryl methyl sites for hydroxylation is 1. The summed E-state index contributed by atoms with van der Waals surface area (Å²) in [4.78, 5) is 4.41. The van der Waals surface area contributed by atoms with E-state index in [-0.39, 0.29) is 0 Å². The van der Waals surface area contributed by atoms with Gasteiger partial charge in [-0.3, -0.25) is 0 Å². The average Bonchev–Trinajstić information content (AvgIpc) is 2.63. The third kappa shape index (κ3) is 4.36. The van der Waals surface area contributed by atoms with Crippen molar-refractivity contribution in [2.45, 2.75) is 13.3 Å². The molecule has 128 valence electrons. The molecule has 3 aromatic rings. The molecule has 6 nitrogen and oxygen atoms in total. The lowest BCUT2D eigenvalue weighted by Gasteiger charge is -2.09. The van der Waals surface area contributed by atoms with E-state index in [1.807, 2.05) is 18.2 Å². The van der Waals surface area contributed by atoms with Crippen LogP contribution in [0, 0.1) is 0 Å². The second kappa shape index (κ2) is 7.81. The van der Waals surface area contributed by atoms with Crippen molar-refractivity contribution in [3.8, 4) is 5.75 Å². The number of ether oxygens (including phenoxy) is 1. The molecule has 0 radical (unpaired) electrons. The number of aromatic nitrogens is 3. The number of nitrogens with one attached hydrogen (secondary N) is 2. The first kappa shape index (κ1) is 17.0. The van der Waals surface area contributed by atoms with Crippen LogP contribution in [0.2, 0.25) is 5.02 Å². The quantitative estimate of drug-likeness (QED) is 0.674. The van der Waals surface area contributed by atoms with Crippen LogP contribution in [-0.2, 0) is 6.42 Å². The van der Waals surface area contributed by atoms with E-state index >= 15 is 0 Å². The van der Waals surface area contributed by atoms with Gasteiger partial charge in [0, 0.05) is 11.4 Å². The van der Waals surface area contributed by atoms with Crippen LogP contribution >= 0.6 is 11.6 Å². The summed E-state index contributed by atoms with van der Waals surface area (Å²) in [5.41, 5.74) is 2.97. The van der Waals surface area contributed by atoms with Gasteiger partial charge < -0.3 is 15.4 Å². The Labute approximate surface area is 151 Å². The van der Waals surface area contributed by atoms with Crippen molar-refractivity contribution >= 4 is 34.7 Å². The predicted octanol–water partition coefficient (Wildman–Crippen LogP) is 4.58. The molecule has 0 fully saturated rings. The molecular weight excluding hydrogens is 338 g/mol. The smallest absolute Gasteiger partial charge is 0.249 e. The molecule has 0 bridgehead atoms. The second-order valence-electron chi connectivity index (χ2n) is 5.32. The van der Waals surface area contributed by atoms with Crippen molar-refractivity contribution in [3.05, 3.63) is 59.2 Å². The number of hydrogen-bond acceptors (Lipinski definition) is 6. The second-order valence-corrected chi connectivity index (χ2v) is 5.72. The van der Waals surface area contributed by atoms with Gasteiger partial charge in [0.25, 0.3) is 0 Å². The van der Waals surface area contributed by atoms with Crippen molar-refractivity contribution in [1.29, 1.82) is 0 Å². The van der Waals surface area contributed by atoms with Crippen molar-refractivity contribution in [2.75, 3.05) is 17.7 Å². The summed E-state index contributed by atoms with van der Waals surface area (Å²) < 4.78 is 5.14. The molecule has 1 aromatic heterocycles. The number of anilines is 4. The van der Waals surface area contributed by atoms with Gasteiger partial charge in [0.15, 0.2) is 5.82 Å². The number of nitrogens with zero attached hydrogens (tertiary/aromatic N) is 3. The Morgan fingerprint density at radius 2 is 1.80 bits per heavy atom. The molecule has 0 unspecified atom stereocenters. The highest BCUT2D eigenvalue weighted by molar-refractivity contribution is 6.32. The molecular formula is C18H18ClN5O. The largest absolute Gasteiger partial charge is 0.495 e. The lowest BCUT2D eigenvalue weighted by Crippen LogP contribution is -2.02. The Morgan fingerprint density at radius 3 is 2.48 bits per heavy atom. The lowest BCUT2D eigenvalue weighted by molar-refractivity contribution is 0.415. The number of halogens is 1. The van der Waals surface area contributed by atoms with Crippen LogP contribution in [0.4, 0.5) is 23.1 Å². The Hall–Kier alpha value is -2.86. The highest BCUT2D eigenvalue weighted by Gasteiger charge is 2.05. The number of benzene rings is 2. The van der Waals surface area contributed by atoms with Gasteiger partial charge in [0.05, 0.1) is 18.3 Å². The molecule has 7 heteroatoms. The van der Waals surface area contributed by atoms with Crippen LogP contribution in [0.1, 0.15) is 12.5 Å². The monoisotopic (exact) mass is 355 g/mol. The van der Waals surface area contributed by atoms with Crippen LogP contribution in [0.15, 0.2) is 48.7 Å². The standard InChI is InChI=1S/C18H18ClN5O/c1-3-12-4-6-13(7-5-12)21-17-11-20-24-18(23-17)22-14-8-9-16(25-2)15(19)10-14/h4-11H,3H2,1-2H3,(H2,21,22,23,24). The van der Waals surface area contributed by atoms with E-state index in [1.54, 1.807) is 25.4 Å². The number of rotatable bonds is 6. The molecule has 0 aliphatic rings. The van der Waals surface area contributed by atoms with Gasteiger partial charge in [-0.25, -0.2) is 0 Å². The molecule has 3 rings (SSSR count). The van der Waals surface area contributed by atoms with Gasteiger partial charge in [-0.2, -0.15) is 10.1 Å². The summed E-state index contributed by atoms with van der Waals surface area (Å²) in [5.74, 6) is 1.58. The van der Waals surface area contributed by atoms with Crippen LogP contribution in [-0.4, -0.2) is 22.3 Å². The fraction of sp³-hybridized carbons (Fsp3) is 0.167. The first-order valence-electron chi connectivity index (χ1n) is 7.84. The van der Waals surface area contributed by atoms with Crippen molar-refractivity contribution in [3.63, 3.8) is 0 Å². The van der Waals surface area contributed by atoms with Crippen LogP contribution in [0.3, 0.4) is 0 Å². The molecule has 1 heterocycles. The van der Waals surface area contributed by atoms with E-state index in [1.165, 1.54) is 5.56 Å². The summed E-state index contributed by atoms with van der Waals surface area (Å²) in [6.07, 6.45) is 2.58. The van der Waals surface area contributed by atoms with E-state index < -0.39 is 0 Å². The highest BCUT2D eigenvalue weighted by Crippen LogP contribution is 2.28. The zero-order chi connectivity index (χ0) is 17.6. The zero-order valence-corrected chi connectivity index (χ0v) is 14.7. The Morgan fingerprint density at radius 1 is 1.04 bits per heavy atom. The molecule has 0 aliphatic carbocycles. The van der Waals surface area contributed by atoms with E-state index in [0.717, 1.165) is 17.8 Å². The zero-order valence-electron chi connectivity index (χ0n) is 14.0. The maximum absolute atomic E-state index is 6.13. The van der Waals surface area contributed by atoms with Crippen LogP contribution < -0.4 is 15.4 Å². The Bertz CT molecular complexity index is 854. The van der Waals surface area contributed by atoms with E-state index in [9.17, 15) is 0 Å². The van der Waals surface area contributed by atoms with E-state index in [0.29, 0.717) is 22.5 Å². The third-order valence-corrected chi connectivity index (χ3v) is 3.90. The maximum Gasteiger partial charge on any atom is 0.249 e. The van der Waals surface area contributed by atoms with Crippen LogP contribution in [0.25, 0.3) is 0 Å². The SMILES string of the molecule is CCc1ccc(Nc2cnnc(Nc3ccc(OC)c(Cl)c3)n2)cc1. The summed E-state index contributed by atoms with van der Waals surface area (Å²) >= 11 is 6.13. The van der Waals surface area contributed by atoms with Gasteiger partial charge in [-0.15, -0.1) is 5.10 Å². The van der Waals surface area contributed by atoms with E-state index in [2.05, 4.69) is 44.9 Å². The summed E-state index contributed by atoms with van der Waals surface area (Å²) in [7, 11) is 1.57. The minimum absolute atomic E-state index is 0.372. The molecule has 0 spiro atoms. The third-order valence-electron chi connectivity index (χ3n) is 3.60. The highest BCUT2D eigenvalue weighted by atomic mass is 35.5. The van der Waals surface area contributed by atoms with Gasteiger partial charge >= 0.3 is 0 Å². The fourth-order valence-corrected chi connectivity index (χ4v) is 2.52. The van der Waals surface area contributed by atoms with Crippen LogP contribution in [0.5, 0.6) is 5.75 Å². The summed E-state index contributed by atoms with van der Waals surface area (Å²) in [6.45, 7) is 2.13. The van der Waals surface area contributed by atoms with Crippen molar-refractivity contribution in [2.24, 2.45) is 0 Å². The lowest BCUT2D eigenvalue weighted by atomic mass is 10.1. The topological polar surface area (TPSA) is 72.0 Å². The first-order valence-corrected chi connectivity index (χ1v) is 8.22. The molecule has 2 aromatic carbocycles. The van der Waals surface area contributed by atoms with Gasteiger partial charge in [0.2, 0.25) is 5.95 Å². The van der Waals surface area contributed by atoms with Crippen molar-refractivity contribution in [1.82, 2.24) is 15.2 Å². The van der Waals surface area contributed by atoms with Gasteiger partial charge in [0.1, 0.15) is 5.75 Å². The molecule has 25 heavy (non-hydrogen) atoms. The summed E-state index contributed by atoms with van der Waals surface area (Å²) in [6, 6.07) is 13.5. The Balaban J connectivity index is 1.73. The van der Waals surface area contributed by atoms with Gasteiger partial charge in [-0.05, 0) is 42.3 Å². The minimum atomic E-state index is 0.372. The average molecular weight is 356 g/mol.